The minimum absolute atomic E-state index is 0.0696. The van der Waals surface area contributed by atoms with Gasteiger partial charge in [0.2, 0.25) is 0 Å². The Kier molecular flexibility index (Phi) is 5.93. The van der Waals surface area contributed by atoms with Crippen molar-refractivity contribution < 1.29 is 33.5 Å². The van der Waals surface area contributed by atoms with Crippen LogP contribution in [0.4, 0.5) is 0 Å². The van der Waals surface area contributed by atoms with E-state index in [0.717, 1.165) is 34.1 Å². The maximum absolute atomic E-state index is 11.5. The molecule has 0 aromatic carbocycles. The van der Waals surface area contributed by atoms with Gasteiger partial charge in [0.05, 0.1) is 0 Å². The largest absolute Gasteiger partial charge is 0.393 e. The van der Waals surface area contributed by atoms with E-state index in [1.54, 1.807) is 0 Å². The van der Waals surface area contributed by atoms with E-state index in [1.165, 1.54) is 0 Å². The molecule has 9 heteroatoms. The Labute approximate surface area is 142 Å². The molecule has 2 aliphatic rings. The summed E-state index contributed by atoms with van der Waals surface area (Å²) in [7, 11) is 0. The van der Waals surface area contributed by atoms with Crippen LogP contribution < -0.4 is 0 Å². The predicted octanol–water partition coefficient (Wildman–Crippen LogP) is -0.533. The van der Waals surface area contributed by atoms with Crippen molar-refractivity contribution in [3.05, 3.63) is 24.3 Å². The summed E-state index contributed by atoms with van der Waals surface area (Å²) < 4.78 is 4.60. The molecule has 0 aromatic rings. The third kappa shape index (κ3) is 4.93. The fourth-order valence-electron chi connectivity index (χ4n) is 2.30. The van der Waals surface area contributed by atoms with Crippen molar-refractivity contribution >= 4 is 35.6 Å². The van der Waals surface area contributed by atoms with Gasteiger partial charge in [-0.2, -0.15) is 0 Å². The Bertz CT molecular complexity index is 599. The molecule has 2 heterocycles. The van der Waals surface area contributed by atoms with Crippen LogP contribution >= 0.6 is 0 Å². The Morgan fingerprint density at radius 2 is 1.00 bits per heavy atom. The molecular formula is C16H16N2O7. The first-order valence-electron chi connectivity index (χ1n) is 7.69. The van der Waals surface area contributed by atoms with Gasteiger partial charge in [-0.05, 0) is 12.8 Å². The van der Waals surface area contributed by atoms with Gasteiger partial charge in [-0.1, -0.05) is 0 Å². The number of hydrogen-bond acceptors (Lipinski definition) is 7. The fourth-order valence-corrected chi connectivity index (χ4v) is 2.30. The monoisotopic (exact) mass is 348 g/mol. The summed E-state index contributed by atoms with van der Waals surface area (Å²) in [6.07, 6.45) is 4.74. The van der Waals surface area contributed by atoms with Gasteiger partial charge in [-0.3, -0.25) is 38.6 Å². The van der Waals surface area contributed by atoms with Crippen LogP contribution in [0.15, 0.2) is 24.3 Å². The molecule has 4 amide bonds. The van der Waals surface area contributed by atoms with Gasteiger partial charge in [0.15, 0.2) is 0 Å². The smallest absolute Gasteiger partial charge is 0.313 e. The second-order valence-electron chi connectivity index (χ2n) is 5.38. The summed E-state index contributed by atoms with van der Waals surface area (Å²) in [6, 6.07) is 0. The van der Waals surface area contributed by atoms with Crippen LogP contribution in [0.5, 0.6) is 0 Å². The van der Waals surface area contributed by atoms with Crippen LogP contribution in [-0.2, 0) is 33.5 Å². The van der Waals surface area contributed by atoms with Gasteiger partial charge >= 0.3 is 11.9 Å². The molecule has 0 saturated carbocycles. The van der Waals surface area contributed by atoms with E-state index in [1.807, 2.05) is 0 Å². The Hall–Kier alpha value is -3.10. The van der Waals surface area contributed by atoms with Crippen LogP contribution in [0.1, 0.15) is 25.7 Å². The number of amides is 4. The molecule has 0 spiro atoms. The van der Waals surface area contributed by atoms with Crippen molar-refractivity contribution in [3.8, 4) is 0 Å². The zero-order valence-corrected chi connectivity index (χ0v) is 13.3. The molecule has 0 unspecified atom stereocenters. The molecule has 0 bridgehead atoms. The van der Waals surface area contributed by atoms with Gasteiger partial charge in [0.25, 0.3) is 23.6 Å². The van der Waals surface area contributed by atoms with Crippen molar-refractivity contribution in [2.75, 3.05) is 13.1 Å². The van der Waals surface area contributed by atoms with Crippen LogP contribution in [-0.4, -0.2) is 58.5 Å². The van der Waals surface area contributed by atoms with Crippen molar-refractivity contribution in [1.29, 1.82) is 0 Å². The number of carbonyl (C=O) groups excluding carboxylic acids is 6. The quantitative estimate of drug-likeness (QED) is 0.328. The highest BCUT2D eigenvalue weighted by molar-refractivity contribution is 6.13. The summed E-state index contributed by atoms with van der Waals surface area (Å²) in [4.78, 5) is 70.3. The normalized spacial score (nSPS) is 16.3. The van der Waals surface area contributed by atoms with Crippen molar-refractivity contribution in [1.82, 2.24) is 9.80 Å². The number of ether oxygens (including phenoxy) is 1. The lowest BCUT2D eigenvalue weighted by atomic mass is 10.3. The van der Waals surface area contributed by atoms with E-state index >= 15 is 0 Å². The number of carbonyl (C=O) groups is 6. The summed E-state index contributed by atoms with van der Waals surface area (Å²) >= 11 is 0. The topological polar surface area (TPSA) is 118 Å². The van der Waals surface area contributed by atoms with Crippen LogP contribution in [0.2, 0.25) is 0 Å². The van der Waals surface area contributed by atoms with E-state index < -0.39 is 35.6 Å². The molecule has 0 aliphatic carbocycles. The third-order valence-electron chi connectivity index (χ3n) is 3.55. The van der Waals surface area contributed by atoms with E-state index in [4.69, 9.17) is 0 Å². The van der Waals surface area contributed by atoms with E-state index in [0.29, 0.717) is 0 Å². The van der Waals surface area contributed by atoms with E-state index in [-0.39, 0.29) is 38.8 Å². The number of nitrogens with zero attached hydrogens (tertiary/aromatic N) is 2. The summed E-state index contributed by atoms with van der Waals surface area (Å²) in [5.41, 5.74) is 0. The molecule has 0 N–H and O–H groups in total. The number of imide groups is 2. The molecule has 0 saturated heterocycles. The first-order valence-corrected chi connectivity index (χ1v) is 7.69. The maximum atomic E-state index is 11.5. The molecule has 0 radical (unpaired) electrons. The molecule has 0 aromatic heterocycles. The van der Waals surface area contributed by atoms with E-state index in [9.17, 15) is 28.8 Å². The fraction of sp³-hybridized carbons (Fsp3) is 0.375. The predicted molar refractivity (Wildman–Crippen MR) is 81.3 cm³/mol. The van der Waals surface area contributed by atoms with Crippen molar-refractivity contribution in [2.24, 2.45) is 0 Å². The van der Waals surface area contributed by atoms with Gasteiger partial charge in [-0.25, -0.2) is 0 Å². The first kappa shape index (κ1) is 18.2. The number of esters is 2. The van der Waals surface area contributed by atoms with Gasteiger partial charge in [0.1, 0.15) is 0 Å². The second kappa shape index (κ2) is 8.13. The minimum atomic E-state index is -0.757. The second-order valence-corrected chi connectivity index (χ2v) is 5.38. The molecular weight excluding hydrogens is 332 g/mol. The lowest BCUT2D eigenvalue weighted by molar-refractivity contribution is -0.160. The Morgan fingerprint density at radius 1 is 0.680 bits per heavy atom. The Balaban J connectivity index is 1.59. The lowest BCUT2D eigenvalue weighted by Crippen LogP contribution is -2.31. The highest BCUT2D eigenvalue weighted by Crippen LogP contribution is 2.08. The average Bonchev–Trinajstić information content (AvgIpc) is 3.04. The maximum Gasteiger partial charge on any atom is 0.313 e. The zero-order chi connectivity index (χ0) is 18.4. The van der Waals surface area contributed by atoms with Crippen LogP contribution in [0, 0.1) is 0 Å². The number of hydrogen-bond donors (Lipinski definition) is 0. The molecule has 2 aliphatic heterocycles. The SMILES string of the molecule is O=C(CCCN1C(=O)C=CC1=O)OC(=O)CCCN1C(=O)C=CC1=O. The van der Waals surface area contributed by atoms with Crippen molar-refractivity contribution in [2.45, 2.75) is 25.7 Å². The van der Waals surface area contributed by atoms with E-state index in [2.05, 4.69) is 4.74 Å². The van der Waals surface area contributed by atoms with Crippen LogP contribution in [0.3, 0.4) is 0 Å². The molecule has 25 heavy (non-hydrogen) atoms. The van der Waals surface area contributed by atoms with Gasteiger partial charge in [0, 0.05) is 50.2 Å². The first-order chi connectivity index (χ1) is 11.9. The standard InChI is InChI=1S/C16H16N2O7/c19-11-5-6-12(20)17(11)9-1-3-15(23)25-16(24)4-2-10-18-13(21)7-8-14(18)22/h5-8H,1-4,9-10H2. The highest BCUT2D eigenvalue weighted by atomic mass is 16.6. The summed E-state index contributed by atoms with van der Waals surface area (Å²) in [5, 5.41) is 0. The number of rotatable bonds is 8. The molecule has 2 rings (SSSR count). The third-order valence-corrected chi connectivity index (χ3v) is 3.55. The highest BCUT2D eigenvalue weighted by Gasteiger charge is 2.24. The summed E-state index contributed by atoms with van der Waals surface area (Å²) in [5.74, 6) is -3.26. The average molecular weight is 348 g/mol. The molecule has 9 nitrogen and oxygen atoms in total. The lowest BCUT2D eigenvalue weighted by Gasteiger charge is -2.13. The van der Waals surface area contributed by atoms with Crippen molar-refractivity contribution in [3.63, 3.8) is 0 Å². The van der Waals surface area contributed by atoms with Gasteiger partial charge < -0.3 is 4.74 Å². The molecule has 132 valence electrons. The zero-order valence-electron chi connectivity index (χ0n) is 13.3. The van der Waals surface area contributed by atoms with Crippen LogP contribution in [0.25, 0.3) is 0 Å². The van der Waals surface area contributed by atoms with Gasteiger partial charge in [-0.15, -0.1) is 0 Å². The minimum Gasteiger partial charge on any atom is -0.393 e. The summed E-state index contributed by atoms with van der Waals surface area (Å²) in [6.45, 7) is 0.139. The molecule has 0 fully saturated rings. The Morgan fingerprint density at radius 3 is 1.32 bits per heavy atom. The molecule has 0 atom stereocenters.